The SMILES string of the molecule is O=S(=O)(NCCCC(S)c1ncc[nH]1)c1cccc2ccccc12. The fourth-order valence-electron chi connectivity index (χ4n) is 2.61. The number of aromatic amines is 1. The van der Waals surface area contributed by atoms with E-state index in [-0.39, 0.29) is 5.25 Å². The highest BCUT2D eigenvalue weighted by Gasteiger charge is 2.17. The van der Waals surface area contributed by atoms with E-state index in [1.54, 1.807) is 24.5 Å². The zero-order valence-corrected chi connectivity index (χ0v) is 14.7. The molecule has 1 atom stereocenters. The van der Waals surface area contributed by atoms with Gasteiger partial charge in [0.2, 0.25) is 10.0 Å². The molecule has 2 aromatic carbocycles. The summed E-state index contributed by atoms with van der Waals surface area (Å²) in [6, 6.07) is 12.8. The fourth-order valence-corrected chi connectivity index (χ4v) is 4.23. The van der Waals surface area contributed by atoms with Crippen molar-refractivity contribution in [1.82, 2.24) is 14.7 Å². The Morgan fingerprint density at radius 3 is 2.75 bits per heavy atom. The molecule has 3 aromatic rings. The van der Waals surface area contributed by atoms with Crippen LogP contribution in [0.5, 0.6) is 0 Å². The van der Waals surface area contributed by atoms with Gasteiger partial charge in [-0.05, 0) is 24.3 Å². The Morgan fingerprint density at radius 2 is 1.96 bits per heavy atom. The van der Waals surface area contributed by atoms with Gasteiger partial charge in [-0.2, -0.15) is 12.6 Å². The summed E-state index contributed by atoms with van der Waals surface area (Å²) in [7, 11) is -3.54. The Labute approximate surface area is 147 Å². The highest BCUT2D eigenvalue weighted by Crippen LogP contribution is 2.23. The summed E-state index contributed by atoms with van der Waals surface area (Å²) in [6.07, 6.45) is 4.84. The van der Waals surface area contributed by atoms with Crippen molar-refractivity contribution in [2.24, 2.45) is 0 Å². The van der Waals surface area contributed by atoms with Gasteiger partial charge in [-0.1, -0.05) is 36.4 Å². The largest absolute Gasteiger partial charge is 0.348 e. The Balaban J connectivity index is 1.64. The predicted octanol–water partition coefficient (Wildman–Crippen LogP) is 3.29. The third kappa shape index (κ3) is 3.80. The average molecular weight is 361 g/mol. The molecule has 0 saturated heterocycles. The van der Waals surface area contributed by atoms with Gasteiger partial charge in [0.1, 0.15) is 5.82 Å². The molecule has 1 unspecified atom stereocenters. The average Bonchev–Trinajstić information content (AvgIpc) is 3.13. The van der Waals surface area contributed by atoms with Crippen molar-refractivity contribution in [2.75, 3.05) is 6.54 Å². The first kappa shape index (κ1) is 17.0. The van der Waals surface area contributed by atoms with Crippen LogP contribution in [0.1, 0.15) is 23.9 Å². The lowest BCUT2D eigenvalue weighted by Crippen LogP contribution is -2.25. The Hall–Kier alpha value is -1.83. The molecule has 2 N–H and O–H groups in total. The lowest BCUT2D eigenvalue weighted by Gasteiger charge is -2.11. The van der Waals surface area contributed by atoms with E-state index in [9.17, 15) is 8.42 Å². The minimum atomic E-state index is -3.54. The summed E-state index contributed by atoms with van der Waals surface area (Å²) in [5.41, 5.74) is 0. The fraction of sp³-hybridized carbons (Fsp3) is 0.235. The number of H-pyrrole nitrogens is 1. The number of fused-ring (bicyclic) bond motifs is 1. The number of nitrogens with zero attached hydrogens (tertiary/aromatic N) is 1. The monoisotopic (exact) mass is 361 g/mol. The molecular formula is C17H19N3O2S2. The van der Waals surface area contributed by atoms with Gasteiger partial charge in [-0.15, -0.1) is 0 Å². The van der Waals surface area contributed by atoms with Gasteiger partial charge >= 0.3 is 0 Å². The molecular weight excluding hydrogens is 342 g/mol. The molecule has 0 spiro atoms. The standard InChI is InChI=1S/C17H19N3O2S2/c21-24(22,16-9-3-6-13-5-1-2-7-14(13)16)20-10-4-8-15(23)17-18-11-12-19-17/h1-3,5-7,9,11-12,15,20,23H,4,8,10H2,(H,18,19). The predicted molar refractivity (Wildman–Crippen MR) is 98.7 cm³/mol. The van der Waals surface area contributed by atoms with Crippen LogP contribution in [0.3, 0.4) is 0 Å². The first-order valence-corrected chi connectivity index (χ1v) is 9.72. The summed E-state index contributed by atoms with van der Waals surface area (Å²) in [6.45, 7) is 0.364. The third-order valence-electron chi connectivity index (χ3n) is 3.82. The zero-order chi connectivity index (χ0) is 17.0. The van der Waals surface area contributed by atoms with E-state index in [0.29, 0.717) is 17.9 Å². The van der Waals surface area contributed by atoms with E-state index in [1.165, 1.54) is 0 Å². The zero-order valence-electron chi connectivity index (χ0n) is 13.0. The van der Waals surface area contributed by atoms with Crippen LogP contribution >= 0.6 is 12.6 Å². The first-order valence-electron chi connectivity index (χ1n) is 7.73. The van der Waals surface area contributed by atoms with Gasteiger partial charge in [0.15, 0.2) is 0 Å². The van der Waals surface area contributed by atoms with E-state index >= 15 is 0 Å². The lowest BCUT2D eigenvalue weighted by atomic mass is 10.1. The number of thiol groups is 1. The number of nitrogens with one attached hydrogen (secondary N) is 2. The normalized spacial score (nSPS) is 13.2. The maximum Gasteiger partial charge on any atom is 0.241 e. The number of imidazole rings is 1. The molecule has 0 aliphatic heterocycles. The van der Waals surface area contributed by atoms with E-state index in [2.05, 4.69) is 27.3 Å². The lowest BCUT2D eigenvalue weighted by molar-refractivity contribution is 0.576. The van der Waals surface area contributed by atoms with Crippen molar-refractivity contribution in [1.29, 1.82) is 0 Å². The number of benzene rings is 2. The smallest absolute Gasteiger partial charge is 0.241 e. The van der Waals surface area contributed by atoms with Gasteiger partial charge in [0, 0.05) is 24.3 Å². The van der Waals surface area contributed by atoms with E-state index in [1.807, 2.05) is 30.3 Å². The van der Waals surface area contributed by atoms with Crippen LogP contribution in [0, 0.1) is 0 Å². The number of hydrogen-bond donors (Lipinski definition) is 3. The van der Waals surface area contributed by atoms with Crippen molar-refractivity contribution in [3.05, 3.63) is 60.7 Å². The minimum absolute atomic E-state index is 0.0259. The molecule has 0 aliphatic rings. The maximum atomic E-state index is 12.6. The molecule has 0 aliphatic carbocycles. The molecule has 0 radical (unpaired) electrons. The molecule has 0 amide bonds. The molecule has 0 bridgehead atoms. The molecule has 0 fully saturated rings. The van der Waals surface area contributed by atoms with Gasteiger partial charge in [0.05, 0.1) is 10.1 Å². The summed E-state index contributed by atoms with van der Waals surface area (Å²) in [4.78, 5) is 7.48. The molecule has 1 heterocycles. The molecule has 126 valence electrons. The highest BCUT2D eigenvalue weighted by molar-refractivity contribution is 7.89. The summed E-state index contributed by atoms with van der Waals surface area (Å²) < 4.78 is 27.8. The number of rotatable bonds is 7. The van der Waals surface area contributed by atoms with E-state index < -0.39 is 10.0 Å². The molecule has 24 heavy (non-hydrogen) atoms. The minimum Gasteiger partial charge on any atom is -0.348 e. The number of sulfonamides is 1. The molecule has 5 nitrogen and oxygen atoms in total. The van der Waals surface area contributed by atoms with Crippen molar-refractivity contribution in [3.8, 4) is 0 Å². The Kier molecular flexibility index (Phi) is 5.23. The molecule has 3 rings (SSSR count). The second-order valence-electron chi connectivity index (χ2n) is 5.51. The Morgan fingerprint density at radius 1 is 1.17 bits per heavy atom. The first-order chi connectivity index (χ1) is 11.6. The van der Waals surface area contributed by atoms with Gasteiger partial charge in [-0.3, -0.25) is 0 Å². The second-order valence-corrected chi connectivity index (χ2v) is 7.87. The highest BCUT2D eigenvalue weighted by atomic mass is 32.2. The van der Waals surface area contributed by atoms with Crippen LogP contribution in [0.2, 0.25) is 0 Å². The summed E-state index contributed by atoms with van der Waals surface area (Å²) in [5.74, 6) is 0.801. The van der Waals surface area contributed by atoms with Gasteiger partial charge in [0.25, 0.3) is 0 Å². The van der Waals surface area contributed by atoms with E-state index in [0.717, 1.165) is 23.0 Å². The van der Waals surface area contributed by atoms with Crippen molar-refractivity contribution >= 4 is 33.4 Å². The quantitative estimate of drug-likeness (QED) is 0.446. The molecule has 0 saturated carbocycles. The van der Waals surface area contributed by atoms with Crippen LogP contribution in [0.15, 0.2) is 59.8 Å². The van der Waals surface area contributed by atoms with E-state index in [4.69, 9.17) is 0 Å². The number of aromatic nitrogens is 2. The van der Waals surface area contributed by atoms with Crippen molar-refractivity contribution in [3.63, 3.8) is 0 Å². The van der Waals surface area contributed by atoms with Crippen LogP contribution in [0.25, 0.3) is 10.8 Å². The van der Waals surface area contributed by atoms with Crippen molar-refractivity contribution < 1.29 is 8.42 Å². The third-order valence-corrected chi connectivity index (χ3v) is 5.84. The van der Waals surface area contributed by atoms with Crippen LogP contribution < -0.4 is 4.72 Å². The van der Waals surface area contributed by atoms with Gasteiger partial charge < -0.3 is 4.98 Å². The van der Waals surface area contributed by atoms with Crippen LogP contribution in [-0.4, -0.2) is 24.9 Å². The van der Waals surface area contributed by atoms with Crippen LogP contribution in [-0.2, 0) is 10.0 Å². The summed E-state index contributed by atoms with van der Waals surface area (Å²) in [5, 5.41) is 1.62. The maximum absolute atomic E-state index is 12.6. The van der Waals surface area contributed by atoms with Crippen LogP contribution in [0.4, 0.5) is 0 Å². The molecule has 1 aromatic heterocycles. The molecule has 7 heteroatoms. The summed E-state index contributed by atoms with van der Waals surface area (Å²) >= 11 is 4.48. The van der Waals surface area contributed by atoms with Gasteiger partial charge in [-0.25, -0.2) is 18.1 Å². The topological polar surface area (TPSA) is 74.8 Å². The second kappa shape index (κ2) is 7.38. The Bertz CT molecular complexity index is 903. The number of hydrogen-bond acceptors (Lipinski definition) is 4. The van der Waals surface area contributed by atoms with Crippen molar-refractivity contribution in [2.45, 2.75) is 23.0 Å².